The van der Waals surface area contributed by atoms with Crippen LogP contribution in [0.4, 0.5) is 5.69 Å². The number of rotatable bonds is 4. The second-order valence-electron chi connectivity index (χ2n) is 2.31. The van der Waals surface area contributed by atoms with E-state index in [-0.39, 0.29) is 0 Å². The summed E-state index contributed by atoms with van der Waals surface area (Å²) in [4.78, 5) is 3.17. The normalized spacial score (nSPS) is 10.2. The minimum atomic E-state index is -1.67. The molecule has 0 aliphatic heterocycles. The topological polar surface area (TPSA) is 30.5 Å². The van der Waals surface area contributed by atoms with E-state index in [9.17, 15) is 0 Å². The Morgan fingerprint density at radius 2 is 1.67 bits per heavy atom. The summed E-state index contributed by atoms with van der Waals surface area (Å²) in [6, 6.07) is 9.88. The van der Waals surface area contributed by atoms with E-state index in [1.807, 2.05) is 30.3 Å². The van der Waals surface area contributed by atoms with Crippen molar-refractivity contribution in [2.24, 2.45) is 0 Å². The Morgan fingerprint density at radius 3 is 2.17 bits per heavy atom. The van der Waals surface area contributed by atoms with Crippen molar-refractivity contribution >= 4 is 15.1 Å². The lowest BCUT2D eigenvalue weighted by molar-refractivity contribution is 0.285. The van der Waals surface area contributed by atoms with Crippen LogP contribution in [0, 0.1) is 0 Å². The van der Waals surface area contributed by atoms with Crippen LogP contribution in [0.5, 0.6) is 0 Å². The van der Waals surface area contributed by atoms with Crippen LogP contribution in [0.15, 0.2) is 30.3 Å². The van der Waals surface area contributed by atoms with Crippen molar-refractivity contribution in [3.05, 3.63) is 30.3 Å². The number of para-hydroxylation sites is 1. The number of anilines is 1. The number of hydrogen-bond acceptors (Lipinski definition) is 3. The lowest BCUT2D eigenvalue weighted by Gasteiger charge is -2.12. The minimum absolute atomic E-state index is 1.04. The Morgan fingerprint density at radius 1 is 1.08 bits per heavy atom. The van der Waals surface area contributed by atoms with Crippen LogP contribution in [0.1, 0.15) is 0 Å². The van der Waals surface area contributed by atoms with Gasteiger partial charge in [0.15, 0.2) is 0 Å². The third-order valence-electron chi connectivity index (χ3n) is 1.49. The van der Waals surface area contributed by atoms with Crippen molar-refractivity contribution in [2.45, 2.75) is 0 Å². The van der Waals surface area contributed by atoms with Gasteiger partial charge >= 0.3 is 9.45 Å². The molecule has 0 atom stereocenters. The van der Waals surface area contributed by atoms with Crippen LogP contribution in [0.25, 0.3) is 0 Å². The molecular formula is C8H13NO2Si. The van der Waals surface area contributed by atoms with E-state index in [1.54, 1.807) is 14.2 Å². The van der Waals surface area contributed by atoms with E-state index < -0.39 is 9.45 Å². The monoisotopic (exact) mass is 183 g/mol. The average Bonchev–Trinajstić information content (AvgIpc) is 2.16. The Hall–Kier alpha value is -0.843. The third kappa shape index (κ3) is 2.65. The molecule has 0 spiro atoms. The molecule has 0 aromatic heterocycles. The second-order valence-corrected chi connectivity index (χ2v) is 4.21. The highest BCUT2D eigenvalue weighted by Crippen LogP contribution is 2.05. The Balaban J connectivity index is 2.51. The average molecular weight is 183 g/mol. The lowest BCUT2D eigenvalue weighted by atomic mass is 10.3. The number of hydrogen-bond donors (Lipinski definition) is 1. The van der Waals surface area contributed by atoms with Gasteiger partial charge in [0, 0.05) is 19.9 Å². The Labute approximate surface area is 74.2 Å². The van der Waals surface area contributed by atoms with Gasteiger partial charge in [-0.15, -0.1) is 0 Å². The van der Waals surface area contributed by atoms with Crippen molar-refractivity contribution in [3.8, 4) is 0 Å². The Bertz CT molecular complexity index is 214. The highest BCUT2D eigenvalue weighted by molar-refractivity contribution is 6.48. The van der Waals surface area contributed by atoms with Crippen LogP contribution in [-0.2, 0) is 8.85 Å². The van der Waals surface area contributed by atoms with Gasteiger partial charge < -0.3 is 13.8 Å². The molecule has 0 saturated carbocycles. The van der Waals surface area contributed by atoms with E-state index in [0.29, 0.717) is 0 Å². The molecule has 0 aliphatic carbocycles. The molecule has 3 nitrogen and oxygen atoms in total. The van der Waals surface area contributed by atoms with Crippen LogP contribution in [-0.4, -0.2) is 23.7 Å². The zero-order chi connectivity index (χ0) is 8.81. The van der Waals surface area contributed by atoms with E-state index in [0.717, 1.165) is 5.69 Å². The van der Waals surface area contributed by atoms with Gasteiger partial charge in [0.05, 0.1) is 0 Å². The van der Waals surface area contributed by atoms with Gasteiger partial charge in [0.2, 0.25) is 0 Å². The molecule has 0 heterocycles. The zero-order valence-electron chi connectivity index (χ0n) is 7.28. The number of benzene rings is 1. The molecule has 0 bridgehead atoms. The predicted molar refractivity (Wildman–Crippen MR) is 51.2 cm³/mol. The van der Waals surface area contributed by atoms with Crippen LogP contribution in [0.2, 0.25) is 0 Å². The van der Waals surface area contributed by atoms with Gasteiger partial charge in [-0.2, -0.15) is 0 Å². The number of nitrogens with one attached hydrogen (secondary N) is 1. The van der Waals surface area contributed by atoms with E-state index in [4.69, 9.17) is 8.85 Å². The van der Waals surface area contributed by atoms with Crippen molar-refractivity contribution in [1.29, 1.82) is 0 Å². The van der Waals surface area contributed by atoms with Gasteiger partial charge in [-0.25, -0.2) is 0 Å². The summed E-state index contributed by atoms with van der Waals surface area (Å²) >= 11 is 0. The van der Waals surface area contributed by atoms with Gasteiger partial charge in [0.25, 0.3) is 0 Å². The molecule has 66 valence electrons. The summed E-state index contributed by atoms with van der Waals surface area (Å²) in [6.07, 6.45) is 0. The molecule has 4 heteroatoms. The highest BCUT2D eigenvalue weighted by atomic mass is 28.3. The van der Waals surface area contributed by atoms with E-state index in [2.05, 4.69) is 4.98 Å². The second kappa shape index (κ2) is 4.92. The van der Waals surface area contributed by atoms with Gasteiger partial charge in [-0.05, 0) is 12.1 Å². The summed E-state index contributed by atoms with van der Waals surface area (Å²) in [6.45, 7) is 0. The first-order valence-corrected chi connectivity index (χ1v) is 5.26. The zero-order valence-corrected chi connectivity index (χ0v) is 8.44. The summed E-state index contributed by atoms with van der Waals surface area (Å²) in [5, 5.41) is 0. The van der Waals surface area contributed by atoms with Crippen LogP contribution >= 0.6 is 0 Å². The van der Waals surface area contributed by atoms with Crippen molar-refractivity contribution in [1.82, 2.24) is 0 Å². The minimum Gasteiger partial charge on any atom is -0.384 e. The standard InChI is InChI=1S/C8H13NO2Si/c1-10-12(11-2)9-8-6-4-3-5-7-8/h3-7,9,12H,1-2H3. The van der Waals surface area contributed by atoms with Gasteiger partial charge in [0.1, 0.15) is 0 Å². The summed E-state index contributed by atoms with van der Waals surface area (Å²) in [5.41, 5.74) is 1.04. The van der Waals surface area contributed by atoms with Crippen LogP contribution < -0.4 is 4.98 Å². The highest BCUT2D eigenvalue weighted by Gasteiger charge is 2.07. The Kier molecular flexibility index (Phi) is 3.79. The van der Waals surface area contributed by atoms with Crippen molar-refractivity contribution < 1.29 is 8.85 Å². The van der Waals surface area contributed by atoms with Crippen molar-refractivity contribution in [3.63, 3.8) is 0 Å². The smallest absolute Gasteiger partial charge is 0.384 e. The molecule has 0 unspecified atom stereocenters. The molecule has 0 fully saturated rings. The fourth-order valence-corrected chi connectivity index (χ4v) is 1.78. The predicted octanol–water partition coefficient (Wildman–Crippen LogP) is 1.11. The largest absolute Gasteiger partial charge is 0.439 e. The first-order valence-electron chi connectivity index (χ1n) is 3.74. The molecule has 1 aromatic rings. The molecule has 0 aliphatic rings. The summed E-state index contributed by atoms with van der Waals surface area (Å²) in [7, 11) is 1.63. The van der Waals surface area contributed by atoms with Crippen molar-refractivity contribution in [2.75, 3.05) is 19.2 Å². The molecule has 0 amide bonds. The molecule has 1 N–H and O–H groups in total. The lowest BCUT2D eigenvalue weighted by Crippen LogP contribution is -2.29. The van der Waals surface area contributed by atoms with E-state index in [1.165, 1.54) is 0 Å². The third-order valence-corrected chi connectivity index (χ3v) is 2.91. The molecule has 0 saturated heterocycles. The maximum Gasteiger partial charge on any atom is 0.439 e. The van der Waals surface area contributed by atoms with Gasteiger partial charge in [-0.1, -0.05) is 18.2 Å². The molecule has 12 heavy (non-hydrogen) atoms. The summed E-state index contributed by atoms with van der Waals surface area (Å²) in [5.74, 6) is 0. The maximum absolute atomic E-state index is 5.11. The fourth-order valence-electron chi connectivity index (χ4n) is 0.885. The maximum atomic E-state index is 5.11. The first kappa shape index (κ1) is 9.25. The quantitative estimate of drug-likeness (QED) is 0.709. The molecule has 1 rings (SSSR count). The van der Waals surface area contributed by atoms with E-state index >= 15 is 0 Å². The SMILES string of the molecule is CO[SiH](Nc1ccccc1)OC. The molecular weight excluding hydrogens is 170 g/mol. The molecule has 0 radical (unpaired) electrons. The molecule has 1 aromatic carbocycles. The first-order chi connectivity index (χ1) is 5.86. The van der Waals surface area contributed by atoms with Gasteiger partial charge in [-0.3, -0.25) is 0 Å². The van der Waals surface area contributed by atoms with Crippen LogP contribution in [0.3, 0.4) is 0 Å². The summed E-state index contributed by atoms with van der Waals surface area (Å²) < 4.78 is 10.2. The fraction of sp³-hybridized carbons (Fsp3) is 0.250.